The molecule has 0 aliphatic heterocycles. The van der Waals surface area contributed by atoms with E-state index in [4.69, 9.17) is 11.6 Å². The Labute approximate surface area is 76.5 Å². The van der Waals surface area contributed by atoms with E-state index < -0.39 is 0 Å². The van der Waals surface area contributed by atoms with Crippen LogP contribution < -0.4 is 5.32 Å². The topological polar surface area (TPSA) is 29.1 Å². The summed E-state index contributed by atoms with van der Waals surface area (Å²) in [6.07, 6.45) is 0.827. The lowest BCUT2D eigenvalue weighted by Gasteiger charge is -2.05. The van der Waals surface area contributed by atoms with Crippen LogP contribution in [0.25, 0.3) is 0 Å². The quantitative estimate of drug-likeness (QED) is 0.729. The van der Waals surface area contributed by atoms with E-state index in [1.807, 2.05) is 19.1 Å². The number of anilines is 1. The highest BCUT2D eigenvalue weighted by Gasteiger charge is 1.96. The van der Waals surface area contributed by atoms with Crippen molar-refractivity contribution in [1.29, 1.82) is 0 Å². The summed E-state index contributed by atoms with van der Waals surface area (Å²) in [5, 5.41) is 3.68. The van der Waals surface area contributed by atoms with E-state index in [9.17, 15) is 4.79 Å². The van der Waals surface area contributed by atoms with Gasteiger partial charge in [-0.3, -0.25) is 0 Å². The van der Waals surface area contributed by atoms with Gasteiger partial charge in [-0.25, -0.2) is 0 Å². The van der Waals surface area contributed by atoms with Gasteiger partial charge in [-0.15, -0.1) is 0 Å². The molecule has 0 saturated heterocycles. The second kappa shape index (κ2) is 4.12. The molecule has 1 rings (SSSR count). The van der Waals surface area contributed by atoms with Crippen molar-refractivity contribution in [3.8, 4) is 0 Å². The molecule has 0 aliphatic rings. The van der Waals surface area contributed by atoms with E-state index >= 15 is 0 Å². The number of carbonyl (C=O) groups excluding carboxylic acids is 1. The molecule has 12 heavy (non-hydrogen) atoms. The van der Waals surface area contributed by atoms with Crippen molar-refractivity contribution in [3.63, 3.8) is 0 Å². The number of carbonyl (C=O) groups is 1. The molecule has 0 saturated carbocycles. The average molecular weight is 184 g/mol. The van der Waals surface area contributed by atoms with E-state index in [1.165, 1.54) is 0 Å². The minimum absolute atomic E-state index is 0.336. The predicted octanol–water partition coefficient (Wildman–Crippen LogP) is 2.26. The summed E-state index contributed by atoms with van der Waals surface area (Å²) in [6.45, 7) is 2.28. The Morgan fingerprint density at radius 1 is 1.58 bits per heavy atom. The maximum atomic E-state index is 10.1. The van der Waals surface area contributed by atoms with Crippen LogP contribution in [0, 0.1) is 6.92 Å². The molecule has 0 aromatic heterocycles. The fourth-order valence-corrected chi connectivity index (χ4v) is 1.20. The smallest absolute Gasteiger partial charge is 0.139 e. The molecule has 0 aliphatic carbocycles. The van der Waals surface area contributed by atoms with Gasteiger partial charge in [0.05, 0.1) is 6.54 Å². The second-order valence-electron chi connectivity index (χ2n) is 2.51. The number of rotatable bonds is 3. The maximum Gasteiger partial charge on any atom is 0.139 e. The van der Waals surface area contributed by atoms with Gasteiger partial charge in [0.1, 0.15) is 6.29 Å². The zero-order chi connectivity index (χ0) is 8.97. The van der Waals surface area contributed by atoms with Gasteiger partial charge < -0.3 is 10.1 Å². The molecule has 64 valence electrons. The molecule has 3 heteroatoms. The highest BCUT2D eigenvalue weighted by molar-refractivity contribution is 6.30. The van der Waals surface area contributed by atoms with Crippen LogP contribution in [0.3, 0.4) is 0 Å². The highest BCUT2D eigenvalue weighted by Crippen LogP contribution is 2.18. The number of aldehydes is 1. The molecule has 0 unspecified atom stereocenters. The molecule has 0 fully saturated rings. The molecule has 1 aromatic rings. The molecule has 0 amide bonds. The molecule has 0 atom stereocenters. The molecular formula is C9H10ClNO. The molecule has 0 radical (unpaired) electrons. The van der Waals surface area contributed by atoms with Gasteiger partial charge >= 0.3 is 0 Å². The number of halogens is 1. The lowest BCUT2D eigenvalue weighted by Crippen LogP contribution is -2.03. The minimum Gasteiger partial charge on any atom is -0.378 e. The van der Waals surface area contributed by atoms with Crippen molar-refractivity contribution in [2.24, 2.45) is 0 Å². The third kappa shape index (κ3) is 2.24. The summed E-state index contributed by atoms with van der Waals surface area (Å²) in [5.41, 5.74) is 2.00. The Kier molecular flexibility index (Phi) is 3.11. The Hall–Kier alpha value is -1.02. The summed E-state index contributed by atoms with van der Waals surface area (Å²) in [5.74, 6) is 0. The Morgan fingerprint density at radius 3 is 2.92 bits per heavy atom. The van der Waals surface area contributed by atoms with E-state index in [-0.39, 0.29) is 0 Å². The van der Waals surface area contributed by atoms with E-state index in [1.54, 1.807) is 6.07 Å². The van der Waals surface area contributed by atoms with Crippen molar-refractivity contribution in [2.75, 3.05) is 11.9 Å². The summed E-state index contributed by atoms with van der Waals surface area (Å²) < 4.78 is 0. The SMILES string of the molecule is Cc1cc(Cl)ccc1NCC=O. The van der Waals surface area contributed by atoms with Crippen LogP contribution in [0.2, 0.25) is 5.02 Å². The Morgan fingerprint density at radius 2 is 2.33 bits per heavy atom. The highest BCUT2D eigenvalue weighted by atomic mass is 35.5. The third-order valence-electron chi connectivity index (χ3n) is 1.56. The van der Waals surface area contributed by atoms with Gasteiger partial charge in [-0.2, -0.15) is 0 Å². The van der Waals surface area contributed by atoms with E-state index in [0.717, 1.165) is 17.5 Å². The molecule has 0 bridgehead atoms. The monoisotopic (exact) mass is 183 g/mol. The molecule has 1 N–H and O–H groups in total. The largest absolute Gasteiger partial charge is 0.378 e. The standard InChI is InChI=1S/C9H10ClNO/c1-7-6-8(10)2-3-9(7)11-4-5-12/h2-3,5-6,11H,4H2,1H3. The summed E-state index contributed by atoms with van der Waals surface area (Å²) in [6, 6.07) is 5.51. The zero-order valence-electron chi connectivity index (χ0n) is 6.80. The van der Waals surface area contributed by atoms with Crippen molar-refractivity contribution in [1.82, 2.24) is 0 Å². The maximum absolute atomic E-state index is 10.1. The number of nitrogens with one attached hydrogen (secondary N) is 1. The molecule has 2 nitrogen and oxygen atoms in total. The first-order valence-corrected chi connectivity index (χ1v) is 4.05. The first-order chi connectivity index (χ1) is 5.74. The van der Waals surface area contributed by atoms with Crippen LogP contribution in [0.1, 0.15) is 5.56 Å². The summed E-state index contributed by atoms with van der Waals surface area (Å²) >= 11 is 5.75. The van der Waals surface area contributed by atoms with Gasteiger partial charge in [-0.1, -0.05) is 11.6 Å². The van der Waals surface area contributed by atoms with E-state index in [2.05, 4.69) is 5.32 Å². The summed E-state index contributed by atoms with van der Waals surface area (Å²) in [4.78, 5) is 10.1. The van der Waals surface area contributed by atoms with E-state index in [0.29, 0.717) is 11.6 Å². The minimum atomic E-state index is 0.336. The van der Waals surface area contributed by atoms with Gasteiger partial charge in [0.15, 0.2) is 0 Å². The van der Waals surface area contributed by atoms with Gasteiger partial charge in [0.2, 0.25) is 0 Å². The van der Waals surface area contributed by atoms with Crippen LogP contribution in [0.4, 0.5) is 5.69 Å². The van der Waals surface area contributed by atoms with Crippen LogP contribution in [0.15, 0.2) is 18.2 Å². The van der Waals surface area contributed by atoms with Crippen molar-refractivity contribution in [3.05, 3.63) is 28.8 Å². The fourth-order valence-electron chi connectivity index (χ4n) is 0.977. The average Bonchev–Trinajstić information content (AvgIpc) is 2.03. The van der Waals surface area contributed by atoms with Crippen LogP contribution >= 0.6 is 11.6 Å². The summed E-state index contributed by atoms with van der Waals surface area (Å²) in [7, 11) is 0. The van der Waals surface area contributed by atoms with Crippen LogP contribution in [-0.4, -0.2) is 12.8 Å². The number of aryl methyl sites for hydroxylation is 1. The van der Waals surface area contributed by atoms with Crippen molar-refractivity contribution in [2.45, 2.75) is 6.92 Å². The Balaban J connectivity index is 2.78. The van der Waals surface area contributed by atoms with Gasteiger partial charge in [0.25, 0.3) is 0 Å². The third-order valence-corrected chi connectivity index (χ3v) is 1.80. The number of benzene rings is 1. The fraction of sp³-hybridized carbons (Fsp3) is 0.222. The van der Waals surface area contributed by atoms with Crippen LogP contribution in [0.5, 0.6) is 0 Å². The molecule has 1 aromatic carbocycles. The molecule has 0 spiro atoms. The first-order valence-electron chi connectivity index (χ1n) is 3.67. The molecular weight excluding hydrogens is 174 g/mol. The number of hydrogen-bond acceptors (Lipinski definition) is 2. The zero-order valence-corrected chi connectivity index (χ0v) is 7.56. The normalized spacial score (nSPS) is 9.50. The van der Waals surface area contributed by atoms with Crippen molar-refractivity contribution < 1.29 is 4.79 Å². The van der Waals surface area contributed by atoms with Crippen LogP contribution in [-0.2, 0) is 4.79 Å². The Bertz CT molecular complexity index is 286. The lowest BCUT2D eigenvalue weighted by atomic mass is 10.2. The first kappa shape index (κ1) is 9.07. The predicted molar refractivity (Wildman–Crippen MR) is 50.7 cm³/mol. The van der Waals surface area contributed by atoms with Gasteiger partial charge in [-0.05, 0) is 30.7 Å². The van der Waals surface area contributed by atoms with Gasteiger partial charge in [0, 0.05) is 10.7 Å². The molecule has 0 heterocycles. The number of hydrogen-bond donors (Lipinski definition) is 1. The lowest BCUT2D eigenvalue weighted by molar-refractivity contribution is -0.106. The second-order valence-corrected chi connectivity index (χ2v) is 2.94. The van der Waals surface area contributed by atoms with Crippen molar-refractivity contribution >= 4 is 23.6 Å².